The second-order valence-electron chi connectivity index (χ2n) is 4.98. The molecular formula is C13H26OS. The molecule has 1 saturated carbocycles. The Labute approximate surface area is 100 Å². The van der Waals surface area contributed by atoms with E-state index in [-0.39, 0.29) is 0 Å². The van der Waals surface area contributed by atoms with Crippen molar-refractivity contribution in [2.45, 2.75) is 58.3 Å². The molecule has 1 fully saturated rings. The van der Waals surface area contributed by atoms with E-state index in [1.54, 1.807) is 0 Å². The van der Waals surface area contributed by atoms with E-state index < -0.39 is 0 Å². The maximum atomic E-state index is 5.81. The van der Waals surface area contributed by atoms with Gasteiger partial charge in [0.05, 0.1) is 6.61 Å². The third-order valence-electron chi connectivity index (χ3n) is 3.55. The van der Waals surface area contributed by atoms with Crippen LogP contribution in [0.25, 0.3) is 0 Å². The quantitative estimate of drug-likeness (QED) is 0.488. The monoisotopic (exact) mass is 230 g/mol. The van der Waals surface area contributed by atoms with Gasteiger partial charge in [-0.15, -0.1) is 0 Å². The minimum absolute atomic E-state index is 0.424. The number of ether oxygens (including phenoxy) is 1. The summed E-state index contributed by atoms with van der Waals surface area (Å²) in [5, 5.41) is 0. The fourth-order valence-corrected chi connectivity index (χ4v) is 2.80. The molecule has 0 saturated heterocycles. The molecule has 0 aliphatic heterocycles. The van der Waals surface area contributed by atoms with Crippen LogP contribution in [0.15, 0.2) is 0 Å². The summed E-state index contributed by atoms with van der Waals surface area (Å²) in [6.07, 6.45) is 10.6. The smallest absolute Gasteiger partial charge is 0.0530 e. The molecule has 0 heterocycles. The SMILES string of the molecule is CCCCCCOCC1(CS)CCCC1. The van der Waals surface area contributed by atoms with Crippen LogP contribution in [0.2, 0.25) is 0 Å². The topological polar surface area (TPSA) is 9.23 Å². The molecule has 0 bridgehead atoms. The predicted octanol–water partition coefficient (Wildman–Crippen LogP) is 4.07. The summed E-state index contributed by atoms with van der Waals surface area (Å²) in [5.74, 6) is 1.00. The van der Waals surface area contributed by atoms with Gasteiger partial charge in [0.2, 0.25) is 0 Å². The van der Waals surface area contributed by atoms with Crippen molar-refractivity contribution in [3.05, 3.63) is 0 Å². The van der Waals surface area contributed by atoms with Gasteiger partial charge in [0.1, 0.15) is 0 Å². The van der Waals surface area contributed by atoms with E-state index in [0.29, 0.717) is 5.41 Å². The molecule has 2 heteroatoms. The van der Waals surface area contributed by atoms with Gasteiger partial charge in [0, 0.05) is 12.0 Å². The van der Waals surface area contributed by atoms with E-state index in [1.807, 2.05) is 0 Å². The van der Waals surface area contributed by atoms with E-state index in [0.717, 1.165) is 19.0 Å². The highest BCUT2D eigenvalue weighted by Crippen LogP contribution is 2.39. The maximum absolute atomic E-state index is 5.81. The second kappa shape index (κ2) is 7.56. The molecule has 0 unspecified atom stereocenters. The summed E-state index contributed by atoms with van der Waals surface area (Å²) in [6, 6.07) is 0. The van der Waals surface area contributed by atoms with Gasteiger partial charge in [-0.1, -0.05) is 39.0 Å². The summed E-state index contributed by atoms with van der Waals surface area (Å²) < 4.78 is 5.81. The molecule has 1 rings (SSSR count). The van der Waals surface area contributed by atoms with Crippen molar-refractivity contribution >= 4 is 12.6 Å². The van der Waals surface area contributed by atoms with Crippen molar-refractivity contribution in [3.8, 4) is 0 Å². The largest absolute Gasteiger partial charge is 0.381 e. The van der Waals surface area contributed by atoms with Gasteiger partial charge in [-0.2, -0.15) is 12.6 Å². The molecule has 15 heavy (non-hydrogen) atoms. The molecule has 0 aromatic rings. The molecule has 0 radical (unpaired) electrons. The first-order valence-corrected chi connectivity index (χ1v) is 7.15. The standard InChI is InChI=1S/C13H26OS/c1-2-3-4-7-10-14-11-13(12-15)8-5-6-9-13/h15H,2-12H2,1H3. The van der Waals surface area contributed by atoms with Gasteiger partial charge < -0.3 is 4.74 Å². The lowest BCUT2D eigenvalue weighted by molar-refractivity contribution is 0.0567. The van der Waals surface area contributed by atoms with Crippen molar-refractivity contribution in [1.82, 2.24) is 0 Å². The Kier molecular flexibility index (Phi) is 6.74. The van der Waals surface area contributed by atoms with Crippen LogP contribution in [0.1, 0.15) is 58.3 Å². The Hall–Kier alpha value is 0.310. The van der Waals surface area contributed by atoms with Gasteiger partial charge in [-0.05, 0) is 25.0 Å². The average molecular weight is 230 g/mol. The zero-order valence-corrected chi connectivity index (χ0v) is 11.0. The van der Waals surface area contributed by atoms with Crippen LogP contribution in [0.4, 0.5) is 0 Å². The lowest BCUT2D eigenvalue weighted by Crippen LogP contribution is -2.25. The van der Waals surface area contributed by atoms with Crippen LogP contribution in [-0.2, 0) is 4.74 Å². The summed E-state index contributed by atoms with van der Waals surface area (Å²) in [4.78, 5) is 0. The molecular weight excluding hydrogens is 204 g/mol. The molecule has 0 spiro atoms. The third kappa shape index (κ3) is 4.78. The molecule has 0 aromatic carbocycles. The lowest BCUT2D eigenvalue weighted by atomic mass is 9.90. The first-order chi connectivity index (χ1) is 7.33. The van der Waals surface area contributed by atoms with Crippen LogP contribution < -0.4 is 0 Å². The molecule has 1 aliphatic rings. The second-order valence-corrected chi connectivity index (χ2v) is 5.29. The van der Waals surface area contributed by atoms with Gasteiger partial charge in [0.15, 0.2) is 0 Å². The molecule has 1 aliphatic carbocycles. The van der Waals surface area contributed by atoms with Crippen molar-refractivity contribution in [2.75, 3.05) is 19.0 Å². The zero-order valence-electron chi connectivity index (χ0n) is 10.1. The van der Waals surface area contributed by atoms with Crippen molar-refractivity contribution in [1.29, 1.82) is 0 Å². The summed E-state index contributed by atoms with van der Waals surface area (Å²) >= 11 is 4.48. The van der Waals surface area contributed by atoms with Gasteiger partial charge in [-0.3, -0.25) is 0 Å². The Morgan fingerprint density at radius 3 is 2.47 bits per heavy atom. The summed E-state index contributed by atoms with van der Waals surface area (Å²) in [7, 11) is 0. The number of hydrogen-bond donors (Lipinski definition) is 1. The van der Waals surface area contributed by atoms with E-state index in [2.05, 4.69) is 19.6 Å². The van der Waals surface area contributed by atoms with Crippen LogP contribution in [0.5, 0.6) is 0 Å². The fraction of sp³-hybridized carbons (Fsp3) is 1.00. The molecule has 90 valence electrons. The van der Waals surface area contributed by atoms with E-state index in [1.165, 1.54) is 51.4 Å². The number of rotatable bonds is 8. The summed E-state index contributed by atoms with van der Waals surface area (Å²) in [5.41, 5.74) is 0.424. The van der Waals surface area contributed by atoms with Crippen molar-refractivity contribution < 1.29 is 4.74 Å². The molecule has 0 amide bonds. The van der Waals surface area contributed by atoms with Crippen molar-refractivity contribution in [3.63, 3.8) is 0 Å². The van der Waals surface area contributed by atoms with Gasteiger partial charge >= 0.3 is 0 Å². The number of hydrogen-bond acceptors (Lipinski definition) is 2. The Bertz CT molecular complexity index is 153. The Balaban J connectivity index is 2.02. The lowest BCUT2D eigenvalue weighted by Gasteiger charge is -2.26. The van der Waals surface area contributed by atoms with Crippen LogP contribution in [-0.4, -0.2) is 19.0 Å². The van der Waals surface area contributed by atoms with Crippen LogP contribution in [0.3, 0.4) is 0 Å². The minimum atomic E-state index is 0.424. The van der Waals surface area contributed by atoms with Crippen LogP contribution >= 0.6 is 12.6 Å². The Morgan fingerprint density at radius 1 is 1.13 bits per heavy atom. The molecule has 1 nitrogen and oxygen atoms in total. The van der Waals surface area contributed by atoms with E-state index in [9.17, 15) is 0 Å². The Morgan fingerprint density at radius 2 is 1.87 bits per heavy atom. The zero-order chi connectivity index (χ0) is 11.0. The highest BCUT2D eigenvalue weighted by Gasteiger charge is 2.32. The highest BCUT2D eigenvalue weighted by atomic mass is 32.1. The fourth-order valence-electron chi connectivity index (χ4n) is 2.39. The summed E-state index contributed by atoms with van der Waals surface area (Å²) in [6.45, 7) is 4.15. The minimum Gasteiger partial charge on any atom is -0.381 e. The first kappa shape index (κ1) is 13.4. The predicted molar refractivity (Wildman–Crippen MR) is 69.7 cm³/mol. The highest BCUT2D eigenvalue weighted by molar-refractivity contribution is 7.80. The maximum Gasteiger partial charge on any atom is 0.0530 e. The molecule has 0 atom stereocenters. The average Bonchev–Trinajstić information content (AvgIpc) is 2.73. The molecule has 0 aromatic heterocycles. The van der Waals surface area contributed by atoms with Crippen molar-refractivity contribution in [2.24, 2.45) is 5.41 Å². The molecule has 0 N–H and O–H groups in total. The van der Waals surface area contributed by atoms with Gasteiger partial charge in [-0.25, -0.2) is 0 Å². The van der Waals surface area contributed by atoms with Crippen LogP contribution in [0, 0.1) is 5.41 Å². The van der Waals surface area contributed by atoms with E-state index in [4.69, 9.17) is 4.74 Å². The number of unbranched alkanes of at least 4 members (excludes halogenated alkanes) is 3. The number of thiol groups is 1. The third-order valence-corrected chi connectivity index (χ3v) is 4.22. The first-order valence-electron chi connectivity index (χ1n) is 6.51. The van der Waals surface area contributed by atoms with E-state index >= 15 is 0 Å². The normalized spacial score (nSPS) is 19.6. The van der Waals surface area contributed by atoms with Gasteiger partial charge in [0.25, 0.3) is 0 Å².